The van der Waals surface area contributed by atoms with Crippen molar-refractivity contribution in [2.24, 2.45) is 0 Å². The van der Waals surface area contributed by atoms with Crippen LogP contribution in [0.2, 0.25) is 0 Å². The van der Waals surface area contributed by atoms with Crippen LogP contribution in [0.1, 0.15) is 23.2 Å². The topological polar surface area (TPSA) is 66.4 Å². The molecule has 1 saturated carbocycles. The number of aliphatic carboxylic acids is 1. The van der Waals surface area contributed by atoms with Gasteiger partial charge in [0.2, 0.25) is 0 Å². The SMILES string of the molecule is O=C(NC1(C(=O)O)CC1)c1c(F)cc(Br)cc1F. The van der Waals surface area contributed by atoms with Gasteiger partial charge in [0, 0.05) is 4.47 Å². The quantitative estimate of drug-likeness (QED) is 0.896. The molecule has 1 aliphatic rings. The zero-order valence-electron chi connectivity index (χ0n) is 8.97. The van der Waals surface area contributed by atoms with Gasteiger partial charge in [-0.3, -0.25) is 4.79 Å². The highest BCUT2D eigenvalue weighted by molar-refractivity contribution is 9.10. The molecule has 96 valence electrons. The molecule has 0 heterocycles. The van der Waals surface area contributed by atoms with Gasteiger partial charge in [0.05, 0.1) is 0 Å². The molecule has 0 radical (unpaired) electrons. The zero-order valence-corrected chi connectivity index (χ0v) is 10.6. The molecule has 18 heavy (non-hydrogen) atoms. The van der Waals surface area contributed by atoms with Gasteiger partial charge >= 0.3 is 5.97 Å². The standard InChI is InChI=1S/C11H8BrF2NO3/c12-5-3-6(13)8(7(14)4-5)9(16)15-11(1-2-11)10(17)18/h3-4H,1-2H2,(H,15,16)(H,17,18). The number of benzene rings is 1. The highest BCUT2D eigenvalue weighted by Crippen LogP contribution is 2.36. The van der Waals surface area contributed by atoms with Gasteiger partial charge in [0.1, 0.15) is 22.7 Å². The second kappa shape index (κ2) is 4.31. The number of carbonyl (C=O) groups excluding carboxylic acids is 1. The highest BCUT2D eigenvalue weighted by Gasteiger charge is 2.52. The average Bonchev–Trinajstić information content (AvgIpc) is 2.96. The first-order valence-electron chi connectivity index (χ1n) is 5.06. The van der Waals surface area contributed by atoms with Crippen LogP contribution < -0.4 is 5.32 Å². The van der Waals surface area contributed by atoms with E-state index in [4.69, 9.17) is 5.11 Å². The second-order valence-corrected chi connectivity index (χ2v) is 5.00. The van der Waals surface area contributed by atoms with E-state index in [-0.39, 0.29) is 17.3 Å². The minimum absolute atomic E-state index is 0.161. The van der Waals surface area contributed by atoms with Crippen LogP contribution >= 0.6 is 15.9 Å². The predicted octanol–water partition coefficient (Wildman–Crippen LogP) is 2.07. The fourth-order valence-electron chi connectivity index (χ4n) is 1.56. The van der Waals surface area contributed by atoms with Crippen molar-refractivity contribution in [2.75, 3.05) is 0 Å². The summed E-state index contributed by atoms with van der Waals surface area (Å²) in [6, 6.07) is 1.89. The second-order valence-electron chi connectivity index (χ2n) is 4.09. The summed E-state index contributed by atoms with van der Waals surface area (Å²) < 4.78 is 27.1. The van der Waals surface area contributed by atoms with E-state index in [1.165, 1.54) is 0 Å². The molecular weight excluding hydrogens is 312 g/mol. The molecule has 1 amide bonds. The number of carboxylic acid groups (broad SMARTS) is 1. The van der Waals surface area contributed by atoms with E-state index < -0.39 is 34.6 Å². The van der Waals surface area contributed by atoms with Crippen molar-refractivity contribution >= 4 is 27.8 Å². The van der Waals surface area contributed by atoms with Crippen molar-refractivity contribution in [2.45, 2.75) is 18.4 Å². The Kier molecular flexibility index (Phi) is 3.10. The molecule has 7 heteroatoms. The van der Waals surface area contributed by atoms with Crippen molar-refractivity contribution in [3.05, 3.63) is 33.8 Å². The normalized spacial score (nSPS) is 16.2. The summed E-state index contributed by atoms with van der Waals surface area (Å²) in [5.41, 5.74) is -2.14. The lowest BCUT2D eigenvalue weighted by Gasteiger charge is -2.13. The van der Waals surface area contributed by atoms with Crippen LogP contribution in [0.3, 0.4) is 0 Å². The van der Waals surface area contributed by atoms with Gasteiger partial charge in [-0.1, -0.05) is 15.9 Å². The fourth-order valence-corrected chi connectivity index (χ4v) is 1.96. The summed E-state index contributed by atoms with van der Waals surface area (Å²) in [5, 5.41) is 11.0. The lowest BCUT2D eigenvalue weighted by molar-refractivity contribution is -0.140. The van der Waals surface area contributed by atoms with Gasteiger partial charge in [0.25, 0.3) is 5.91 Å². The fraction of sp³-hybridized carbons (Fsp3) is 0.273. The Morgan fingerprint density at radius 3 is 2.17 bits per heavy atom. The van der Waals surface area contributed by atoms with Crippen LogP contribution in [-0.4, -0.2) is 22.5 Å². The van der Waals surface area contributed by atoms with Gasteiger partial charge in [-0.15, -0.1) is 0 Å². The summed E-state index contributed by atoms with van der Waals surface area (Å²) in [4.78, 5) is 22.6. The maximum atomic E-state index is 13.5. The third-order valence-electron chi connectivity index (χ3n) is 2.75. The van der Waals surface area contributed by atoms with Crippen molar-refractivity contribution in [1.29, 1.82) is 0 Å². The molecule has 0 bridgehead atoms. The molecule has 0 saturated heterocycles. The van der Waals surface area contributed by atoms with Gasteiger partial charge in [-0.05, 0) is 25.0 Å². The first kappa shape index (κ1) is 12.9. The maximum Gasteiger partial charge on any atom is 0.329 e. The van der Waals surface area contributed by atoms with Crippen LogP contribution in [0.15, 0.2) is 16.6 Å². The number of amides is 1. The molecule has 1 fully saturated rings. The summed E-state index contributed by atoms with van der Waals surface area (Å²) in [6.07, 6.45) is 0.516. The zero-order chi connectivity index (χ0) is 13.5. The molecule has 0 aliphatic heterocycles. The molecule has 0 atom stereocenters. The Bertz CT molecular complexity index is 520. The third-order valence-corrected chi connectivity index (χ3v) is 3.20. The summed E-state index contributed by atoms with van der Waals surface area (Å²) in [7, 11) is 0. The Morgan fingerprint density at radius 1 is 1.28 bits per heavy atom. The van der Waals surface area contributed by atoms with E-state index in [0.717, 1.165) is 12.1 Å². The number of nitrogens with one attached hydrogen (secondary N) is 1. The van der Waals surface area contributed by atoms with E-state index in [0.29, 0.717) is 0 Å². The van der Waals surface area contributed by atoms with Crippen molar-refractivity contribution in [3.63, 3.8) is 0 Å². The molecule has 4 nitrogen and oxygen atoms in total. The predicted molar refractivity (Wildman–Crippen MR) is 61.1 cm³/mol. The first-order chi connectivity index (χ1) is 8.35. The monoisotopic (exact) mass is 319 g/mol. The van der Waals surface area contributed by atoms with E-state index in [9.17, 15) is 18.4 Å². The molecule has 1 aromatic rings. The first-order valence-corrected chi connectivity index (χ1v) is 5.85. The minimum atomic E-state index is -1.37. The van der Waals surface area contributed by atoms with Crippen molar-refractivity contribution in [3.8, 4) is 0 Å². The molecule has 1 aliphatic carbocycles. The largest absolute Gasteiger partial charge is 0.480 e. The van der Waals surface area contributed by atoms with E-state index in [1.807, 2.05) is 0 Å². The molecule has 2 N–H and O–H groups in total. The number of hydrogen-bond donors (Lipinski definition) is 2. The van der Waals surface area contributed by atoms with Crippen LogP contribution in [0, 0.1) is 11.6 Å². The molecule has 0 spiro atoms. The summed E-state index contributed by atoms with van der Waals surface area (Å²) in [5.74, 6) is -4.34. The van der Waals surface area contributed by atoms with Crippen molar-refractivity contribution in [1.82, 2.24) is 5.32 Å². The smallest absolute Gasteiger partial charge is 0.329 e. The summed E-state index contributed by atoms with van der Waals surface area (Å²) in [6.45, 7) is 0. The molecular formula is C11H8BrF2NO3. The van der Waals surface area contributed by atoms with E-state index in [1.54, 1.807) is 0 Å². The van der Waals surface area contributed by atoms with Crippen LogP contribution in [0.25, 0.3) is 0 Å². The number of carbonyl (C=O) groups is 2. The molecule has 1 aromatic carbocycles. The van der Waals surface area contributed by atoms with Crippen LogP contribution in [0.4, 0.5) is 8.78 Å². The maximum absolute atomic E-state index is 13.5. The van der Waals surface area contributed by atoms with Gasteiger partial charge in [0.15, 0.2) is 0 Å². The lowest BCUT2D eigenvalue weighted by Crippen LogP contribution is -2.43. The molecule has 0 aromatic heterocycles. The average molecular weight is 320 g/mol. The number of carboxylic acids is 1. The van der Waals surface area contributed by atoms with Gasteiger partial charge < -0.3 is 10.4 Å². The minimum Gasteiger partial charge on any atom is -0.480 e. The van der Waals surface area contributed by atoms with Crippen molar-refractivity contribution < 1.29 is 23.5 Å². The van der Waals surface area contributed by atoms with Crippen LogP contribution in [0.5, 0.6) is 0 Å². The van der Waals surface area contributed by atoms with Crippen LogP contribution in [-0.2, 0) is 4.79 Å². The number of rotatable bonds is 3. The Labute approximate surface area is 109 Å². The highest BCUT2D eigenvalue weighted by atomic mass is 79.9. The summed E-state index contributed by atoms with van der Waals surface area (Å²) >= 11 is 2.89. The third kappa shape index (κ3) is 2.22. The Morgan fingerprint density at radius 2 is 1.78 bits per heavy atom. The Balaban J connectivity index is 2.28. The van der Waals surface area contributed by atoms with Gasteiger partial charge in [-0.2, -0.15) is 0 Å². The van der Waals surface area contributed by atoms with E-state index >= 15 is 0 Å². The molecule has 2 rings (SSSR count). The molecule has 0 unspecified atom stereocenters. The Hall–Kier alpha value is -1.50. The van der Waals surface area contributed by atoms with Gasteiger partial charge in [-0.25, -0.2) is 13.6 Å². The lowest BCUT2D eigenvalue weighted by atomic mass is 10.1. The number of hydrogen-bond acceptors (Lipinski definition) is 2. The van der Waals surface area contributed by atoms with E-state index in [2.05, 4.69) is 21.2 Å². The number of halogens is 3.